The summed E-state index contributed by atoms with van der Waals surface area (Å²) in [6.07, 6.45) is 0.798. The van der Waals surface area contributed by atoms with Gasteiger partial charge in [-0.05, 0) is 34.1 Å². The smallest absolute Gasteiger partial charge is 0.356 e. The van der Waals surface area contributed by atoms with E-state index in [0.717, 1.165) is 16.5 Å². The van der Waals surface area contributed by atoms with Gasteiger partial charge in [0.05, 0.1) is 23.4 Å². The molecule has 6 nitrogen and oxygen atoms in total. The largest absolute Gasteiger partial charge is 0.489 e. The van der Waals surface area contributed by atoms with Crippen molar-refractivity contribution in [3.63, 3.8) is 0 Å². The van der Waals surface area contributed by atoms with Crippen molar-refractivity contribution in [2.24, 2.45) is 7.05 Å². The minimum atomic E-state index is -1.06. The molecule has 0 amide bonds. The van der Waals surface area contributed by atoms with Crippen LogP contribution in [0.2, 0.25) is 0 Å². The fraction of sp³-hybridized carbons (Fsp3) is 0.286. The lowest BCUT2D eigenvalue weighted by Gasteiger charge is -2.14. The molecule has 0 aliphatic carbocycles. The molecule has 1 aliphatic heterocycles. The Morgan fingerprint density at radius 3 is 2.71 bits per heavy atom. The molecule has 7 heteroatoms. The zero-order chi connectivity index (χ0) is 15.0. The average Bonchev–Trinajstić information content (AvgIpc) is 2.69. The Labute approximate surface area is 129 Å². The van der Waals surface area contributed by atoms with E-state index in [2.05, 4.69) is 21.0 Å². The first kappa shape index (κ1) is 13.9. The molecule has 1 aromatic carbocycles. The number of carboxylic acid groups (broad SMARTS) is 1. The number of aromatic carboxylic acids is 1. The Bertz CT molecular complexity index is 711. The maximum Gasteiger partial charge on any atom is 0.356 e. The molecule has 0 fully saturated rings. The Kier molecular flexibility index (Phi) is 3.59. The monoisotopic (exact) mass is 352 g/mol. The van der Waals surface area contributed by atoms with Crippen molar-refractivity contribution in [1.29, 1.82) is 0 Å². The molecule has 1 aromatic heterocycles. The van der Waals surface area contributed by atoms with Gasteiger partial charge in [0.25, 0.3) is 0 Å². The Balaban J connectivity index is 2.17. The third-order valence-corrected chi connectivity index (χ3v) is 3.84. The third-order valence-electron chi connectivity index (χ3n) is 3.22. The second kappa shape index (κ2) is 5.40. The van der Waals surface area contributed by atoms with Gasteiger partial charge in [-0.3, -0.25) is 4.68 Å². The SMILES string of the molecule is Cn1nc(C(=O)O)cc1-c1ccc(Br)c2c1OCCCO2. The highest BCUT2D eigenvalue weighted by molar-refractivity contribution is 9.10. The van der Waals surface area contributed by atoms with Crippen LogP contribution in [0.3, 0.4) is 0 Å². The molecule has 0 radical (unpaired) electrons. The van der Waals surface area contributed by atoms with Gasteiger partial charge in [0, 0.05) is 19.0 Å². The van der Waals surface area contributed by atoms with E-state index in [1.54, 1.807) is 7.05 Å². The van der Waals surface area contributed by atoms with Crippen LogP contribution < -0.4 is 9.47 Å². The summed E-state index contributed by atoms with van der Waals surface area (Å²) in [5.41, 5.74) is 1.43. The van der Waals surface area contributed by atoms with Crippen LogP contribution >= 0.6 is 15.9 Å². The second-order valence-corrected chi connectivity index (χ2v) is 5.50. The van der Waals surface area contributed by atoms with Crippen molar-refractivity contribution in [2.45, 2.75) is 6.42 Å². The first-order valence-electron chi connectivity index (χ1n) is 6.43. The van der Waals surface area contributed by atoms with Gasteiger partial charge in [-0.1, -0.05) is 0 Å². The summed E-state index contributed by atoms with van der Waals surface area (Å²) in [5, 5.41) is 13.0. The number of aromatic nitrogens is 2. The number of nitrogens with zero attached hydrogens (tertiary/aromatic N) is 2. The van der Waals surface area contributed by atoms with Crippen molar-refractivity contribution >= 4 is 21.9 Å². The van der Waals surface area contributed by atoms with Crippen LogP contribution in [0.4, 0.5) is 0 Å². The van der Waals surface area contributed by atoms with Gasteiger partial charge in [0.1, 0.15) is 0 Å². The maximum absolute atomic E-state index is 11.1. The molecule has 0 unspecified atom stereocenters. The number of benzene rings is 1. The molecule has 0 saturated carbocycles. The van der Waals surface area contributed by atoms with Crippen LogP contribution in [-0.2, 0) is 7.05 Å². The lowest BCUT2D eigenvalue weighted by Crippen LogP contribution is -2.00. The lowest BCUT2D eigenvalue weighted by molar-refractivity contribution is 0.0689. The fourth-order valence-electron chi connectivity index (χ4n) is 2.25. The zero-order valence-corrected chi connectivity index (χ0v) is 12.9. The van der Waals surface area contributed by atoms with Crippen molar-refractivity contribution in [1.82, 2.24) is 9.78 Å². The summed E-state index contributed by atoms with van der Waals surface area (Å²) in [4.78, 5) is 11.1. The number of aryl methyl sites for hydroxylation is 1. The number of carboxylic acids is 1. The van der Waals surface area contributed by atoms with Crippen molar-refractivity contribution in [3.8, 4) is 22.8 Å². The molecule has 1 N–H and O–H groups in total. The van der Waals surface area contributed by atoms with E-state index in [1.807, 2.05) is 12.1 Å². The molecule has 1 aliphatic rings. The fourth-order valence-corrected chi connectivity index (χ4v) is 2.68. The van der Waals surface area contributed by atoms with Crippen molar-refractivity contribution in [3.05, 3.63) is 28.4 Å². The number of halogens is 1. The van der Waals surface area contributed by atoms with E-state index in [9.17, 15) is 4.79 Å². The van der Waals surface area contributed by atoms with E-state index >= 15 is 0 Å². The highest BCUT2D eigenvalue weighted by Gasteiger charge is 2.22. The molecule has 0 spiro atoms. The molecular weight excluding hydrogens is 340 g/mol. The van der Waals surface area contributed by atoms with E-state index < -0.39 is 5.97 Å². The summed E-state index contributed by atoms with van der Waals surface area (Å²) >= 11 is 3.45. The molecule has 0 bridgehead atoms. The summed E-state index contributed by atoms with van der Waals surface area (Å²) < 4.78 is 13.9. The van der Waals surface area contributed by atoms with Gasteiger partial charge < -0.3 is 14.6 Å². The molecule has 0 atom stereocenters. The molecule has 2 heterocycles. The van der Waals surface area contributed by atoms with Crippen molar-refractivity contribution < 1.29 is 19.4 Å². The highest BCUT2D eigenvalue weighted by atomic mass is 79.9. The van der Waals surface area contributed by atoms with Gasteiger partial charge in [-0.2, -0.15) is 5.10 Å². The number of carbonyl (C=O) groups is 1. The van der Waals surface area contributed by atoms with Gasteiger partial charge in [0.2, 0.25) is 0 Å². The van der Waals surface area contributed by atoms with Gasteiger partial charge in [-0.15, -0.1) is 0 Å². The number of fused-ring (bicyclic) bond motifs is 1. The van der Waals surface area contributed by atoms with Crippen molar-refractivity contribution in [2.75, 3.05) is 13.2 Å². The van der Waals surface area contributed by atoms with Crippen LogP contribution in [0.15, 0.2) is 22.7 Å². The van der Waals surface area contributed by atoms with Gasteiger partial charge in [0.15, 0.2) is 17.2 Å². The van der Waals surface area contributed by atoms with Crippen LogP contribution in [0.5, 0.6) is 11.5 Å². The number of hydrogen-bond acceptors (Lipinski definition) is 4. The first-order valence-corrected chi connectivity index (χ1v) is 7.23. The molecule has 0 saturated heterocycles. The zero-order valence-electron chi connectivity index (χ0n) is 11.3. The standard InChI is InChI=1S/C14H13BrN2O4/c1-17-11(7-10(16-17)14(18)19)8-3-4-9(15)13-12(8)20-5-2-6-21-13/h3-4,7H,2,5-6H2,1H3,(H,18,19). The lowest BCUT2D eigenvalue weighted by atomic mass is 10.1. The van der Waals surface area contributed by atoms with E-state index in [1.165, 1.54) is 10.7 Å². The topological polar surface area (TPSA) is 73.6 Å². The molecule has 21 heavy (non-hydrogen) atoms. The quantitative estimate of drug-likeness (QED) is 0.899. The van der Waals surface area contributed by atoms with Gasteiger partial charge >= 0.3 is 5.97 Å². The molecule has 3 rings (SSSR count). The van der Waals surface area contributed by atoms with Crippen LogP contribution in [0.1, 0.15) is 16.9 Å². The summed E-state index contributed by atoms with van der Waals surface area (Å²) in [7, 11) is 1.70. The molecular formula is C14H13BrN2O4. The summed E-state index contributed by atoms with van der Waals surface area (Å²) in [5.74, 6) is 0.196. The second-order valence-electron chi connectivity index (χ2n) is 4.65. The van der Waals surface area contributed by atoms with Crippen LogP contribution in [-0.4, -0.2) is 34.1 Å². The first-order chi connectivity index (χ1) is 10.1. The third kappa shape index (κ3) is 2.49. The Morgan fingerprint density at radius 2 is 2.05 bits per heavy atom. The number of hydrogen-bond donors (Lipinski definition) is 1. The summed E-state index contributed by atoms with van der Waals surface area (Å²) in [6, 6.07) is 5.25. The minimum absolute atomic E-state index is 0.00120. The normalized spacial score (nSPS) is 13.8. The van der Waals surface area contributed by atoms with E-state index in [0.29, 0.717) is 30.4 Å². The predicted octanol–water partition coefficient (Wildman–Crippen LogP) is 2.71. The minimum Gasteiger partial charge on any atom is -0.489 e. The molecule has 110 valence electrons. The highest BCUT2D eigenvalue weighted by Crippen LogP contribution is 2.44. The average molecular weight is 353 g/mol. The van der Waals surface area contributed by atoms with E-state index in [-0.39, 0.29) is 5.69 Å². The number of ether oxygens (including phenoxy) is 2. The maximum atomic E-state index is 11.1. The van der Waals surface area contributed by atoms with Gasteiger partial charge in [-0.25, -0.2) is 4.79 Å². The van der Waals surface area contributed by atoms with E-state index in [4.69, 9.17) is 14.6 Å². The van der Waals surface area contributed by atoms with Crippen LogP contribution in [0.25, 0.3) is 11.3 Å². The van der Waals surface area contributed by atoms with Crippen LogP contribution in [0, 0.1) is 0 Å². The Morgan fingerprint density at radius 1 is 1.33 bits per heavy atom. The number of rotatable bonds is 2. The Hall–Kier alpha value is -2.02. The predicted molar refractivity (Wildman–Crippen MR) is 78.9 cm³/mol. The summed E-state index contributed by atoms with van der Waals surface area (Å²) in [6.45, 7) is 1.14. The molecule has 2 aromatic rings.